The third kappa shape index (κ3) is 2.73. The van der Waals surface area contributed by atoms with E-state index in [0.29, 0.717) is 25.1 Å². The van der Waals surface area contributed by atoms with Crippen LogP contribution in [0.2, 0.25) is 0 Å². The van der Waals surface area contributed by atoms with Gasteiger partial charge in [0.15, 0.2) is 0 Å². The average Bonchev–Trinajstić information content (AvgIpc) is 2.67. The Morgan fingerprint density at radius 2 is 2.10 bits per heavy atom. The third-order valence-corrected chi connectivity index (χ3v) is 3.98. The topological polar surface area (TPSA) is 81.6 Å². The zero-order chi connectivity index (χ0) is 13.9. The van der Waals surface area contributed by atoms with Crippen LogP contribution in [0.5, 0.6) is 0 Å². The molecule has 0 spiro atoms. The van der Waals surface area contributed by atoms with Crippen LogP contribution in [0.15, 0.2) is 18.5 Å². The average molecular weight is 277 g/mol. The van der Waals surface area contributed by atoms with Crippen molar-refractivity contribution >= 4 is 11.9 Å². The van der Waals surface area contributed by atoms with E-state index in [2.05, 4.69) is 20.2 Å². The second-order valence-corrected chi connectivity index (χ2v) is 5.34. The normalized spacial score (nSPS) is 27.7. The Kier molecular flexibility index (Phi) is 3.79. The molecule has 0 amide bonds. The van der Waals surface area contributed by atoms with E-state index in [1.54, 1.807) is 18.5 Å². The Balaban J connectivity index is 1.84. The highest BCUT2D eigenvalue weighted by Crippen LogP contribution is 2.19. The number of carbonyl (C=O) groups is 1. The summed E-state index contributed by atoms with van der Waals surface area (Å²) in [6.45, 7) is 4.54. The highest BCUT2D eigenvalue weighted by Gasteiger charge is 2.35. The van der Waals surface area contributed by atoms with Crippen molar-refractivity contribution in [1.29, 1.82) is 0 Å². The van der Waals surface area contributed by atoms with Crippen LogP contribution in [0.25, 0.3) is 0 Å². The summed E-state index contributed by atoms with van der Waals surface area (Å²) in [6, 6.07) is 2.08. The monoisotopic (exact) mass is 277 g/mol. The second kappa shape index (κ2) is 5.72. The van der Waals surface area contributed by atoms with E-state index < -0.39 is 11.9 Å². The number of carboxylic acids is 1. The standard InChI is InChI=1S/C13H19N5O2/c19-12(20)10-7-17-5-4-14-6-11(17)9-18(8-10)13-15-2-1-3-16-13/h1-3,10-11,14H,4-9H2,(H,19,20). The van der Waals surface area contributed by atoms with Crippen LogP contribution in [0.4, 0.5) is 5.95 Å². The highest BCUT2D eigenvalue weighted by atomic mass is 16.4. The SMILES string of the molecule is O=C(O)C1CN(c2ncccn2)CC2CNCCN2C1. The van der Waals surface area contributed by atoms with Gasteiger partial charge in [0.25, 0.3) is 0 Å². The molecule has 0 radical (unpaired) electrons. The fourth-order valence-electron chi connectivity index (χ4n) is 2.93. The van der Waals surface area contributed by atoms with Gasteiger partial charge in [-0.25, -0.2) is 9.97 Å². The zero-order valence-corrected chi connectivity index (χ0v) is 11.3. The minimum Gasteiger partial charge on any atom is -0.481 e. The molecule has 20 heavy (non-hydrogen) atoms. The number of hydrogen-bond acceptors (Lipinski definition) is 6. The number of fused-ring (bicyclic) bond motifs is 1. The van der Waals surface area contributed by atoms with Gasteiger partial charge >= 0.3 is 5.97 Å². The second-order valence-electron chi connectivity index (χ2n) is 5.34. The summed E-state index contributed by atoms with van der Waals surface area (Å²) >= 11 is 0. The first-order valence-corrected chi connectivity index (χ1v) is 6.93. The summed E-state index contributed by atoms with van der Waals surface area (Å²) in [7, 11) is 0. The maximum atomic E-state index is 11.4. The summed E-state index contributed by atoms with van der Waals surface area (Å²) in [5.74, 6) is -0.529. The fraction of sp³-hybridized carbons (Fsp3) is 0.615. The van der Waals surface area contributed by atoms with Crippen LogP contribution in [0.1, 0.15) is 0 Å². The van der Waals surface area contributed by atoms with Crippen LogP contribution in [0, 0.1) is 5.92 Å². The van der Waals surface area contributed by atoms with E-state index in [-0.39, 0.29) is 0 Å². The van der Waals surface area contributed by atoms with E-state index in [9.17, 15) is 9.90 Å². The van der Waals surface area contributed by atoms with Crippen molar-refractivity contribution in [3.05, 3.63) is 18.5 Å². The largest absolute Gasteiger partial charge is 0.481 e. The van der Waals surface area contributed by atoms with Crippen molar-refractivity contribution in [1.82, 2.24) is 20.2 Å². The number of aliphatic carboxylic acids is 1. The predicted octanol–water partition coefficient (Wildman–Crippen LogP) is -0.729. The highest BCUT2D eigenvalue weighted by molar-refractivity contribution is 5.71. The third-order valence-electron chi connectivity index (χ3n) is 3.98. The van der Waals surface area contributed by atoms with E-state index in [1.165, 1.54) is 0 Å². The first-order valence-electron chi connectivity index (χ1n) is 6.93. The lowest BCUT2D eigenvalue weighted by molar-refractivity contribution is -0.142. The molecule has 2 fully saturated rings. The summed E-state index contributed by atoms with van der Waals surface area (Å²) in [6.07, 6.45) is 3.39. The van der Waals surface area contributed by atoms with Crippen LogP contribution in [-0.4, -0.2) is 71.3 Å². The number of nitrogens with zero attached hydrogens (tertiary/aromatic N) is 4. The number of rotatable bonds is 2. The molecule has 1 aromatic rings. The summed E-state index contributed by atoms with van der Waals surface area (Å²) in [5.41, 5.74) is 0. The maximum absolute atomic E-state index is 11.4. The smallest absolute Gasteiger partial charge is 0.309 e. The molecule has 7 heteroatoms. The molecule has 2 atom stereocenters. The van der Waals surface area contributed by atoms with Gasteiger partial charge in [0.05, 0.1) is 5.92 Å². The minimum atomic E-state index is -0.745. The lowest BCUT2D eigenvalue weighted by Gasteiger charge is -2.35. The van der Waals surface area contributed by atoms with Crippen LogP contribution < -0.4 is 10.2 Å². The van der Waals surface area contributed by atoms with E-state index in [1.807, 2.05) is 4.90 Å². The molecule has 0 bridgehead atoms. The van der Waals surface area contributed by atoms with E-state index >= 15 is 0 Å². The first-order chi connectivity index (χ1) is 9.74. The van der Waals surface area contributed by atoms with Crippen LogP contribution >= 0.6 is 0 Å². The summed E-state index contributed by atoms with van der Waals surface area (Å²) < 4.78 is 0. The van der Waals surface area contributed by atoms with Gasteiger partial charge in [0, 0.05) is 57.7 Å². The lowest BCUT2D eigenvalue weighted by Crippen LogP contribution is -2.54. The molecule has 1 aromatic heterocycles. The minimum absolute atomic E-state index is 0.317. The Hall–Kier alpha value is -1.73. The molecule has 7 nitrogen and oxygen atoms in total. The molecule has 2 unspecified atom stereocenters. The van der Waals surface area contributed by atoms with Gasteiger partial charge in [-0.1, -0.05) is 0 Å². The van der Waals surface area contributed by atoms with E-state index in [4.69, 9.17) is 0 Å². The molecule has 108 valence electrons. The van der Waals surface area contributed by atoms with Gasteiger partial charge in [0.1, 0.15) is 0 Å². The van der Waals surface area contributed by atoms with Crippen molar-refractivity contribution in [2.75, 3.05) is 44.2 Å². The number of nitrogens with one attached hydrogen (secondary N) is 1. The van der Waals surface area contributed by atoms with Gasteiger partial charge in [-0.15, -0.1) is 0 Å². The number of anilines is 1. The lowest BCUT2D eigenvalue weighted by atomic mass is 10.1. The molecule has 0 saturated carbocycles. The van der Waals surface area contributed by atoms with Crippen molar-refractivity contribution in [3.63, 3.8) is 0 Å². The molecular weight excluding hydrogens is 258 g/mol. The van der Waals surface area contributed by atoms with Crippen molar-refractivity contribution in [2.24, 2.45) is 5.92 Å². The molecule has 0 aliphatic carbocycles. The van der Waals surface area contributed by atoms with Gasteiger partial charge in [-0.3, -0.25) is 9.69 Å². The molecule has 3 heterocycles. The van der Waals surface area contributed by atoms with Gasteiger partial charge < -0.3 is 15.3 Å². The molecule has 0 aromatic carbocycles. The molecule has 3 rings (SSSR count). The van der Waals surface area contributed by atoms with Crippen LogP contribution in [0.3, 0.4) is 0 Å². The Labute approximate surface area is 117 Å². The van der Waals surface area contributed by atoms with Gasteiger partial charge in [-0.2, -0.15) is 0 Å². The molecular formula is C13H19N5O2. The quantitative estimate of drug-likeness (QED) is 0.737. The summed E-state index contributed by atoms with van der Waals surface area (Å²) in [5, 5.41) is 12.8. The van der Waals surface area contributed by atoms with Crippen molar-refractivity contribution in [3.8, 4) is 0 Å². The van der Waals surface area contributed by atoms with E-state index in [0.717, 1.165) is 26.2 Å². The van der Waals surface area contributed by atoms with Crippen LogP contribution in [-0.2, 0) is 4.79 Å². The van der Waals surface area contributed by atoms with Crippen molar-refractivity contribution < 1.29 is 9.90 Å². The number of carboxylic acid groups (broad SMARTS) is 1. The molecule has 2 saturated heterocycles. The molecule has 2 aliphatic heterocycles. The Bertz CT molecular complexity index is 469. The summed E-state index contributed by atoms with van der Waals surface area (Å²) in [4.78, 5) is 24.2. The van der Waals surface area contributed by atoms with Gasteiger partial charge in [-0.05, 0) is 6.07 Å². The molecule has 2 aliphatic rings. The maximum Gasteiger partial charge on any atom is 0.309 e. The predicted molar refractivity (Wildman–Crippen MR) is 73.6 cm³/mol. The zero-order valence-electron chi connectivity index (χ0n) is 11.3. The molecule has 2 N–H and O–H groups in total. The van der Waals surface area contributed by atoms with Crippen molar-refractivity contribution in [2.45, 2.75) is 6.04 Å². The number of piperazine rings is 1. The Morgan fingerprint density at radius 3 is 2.85 bits per heavy atom. The number of hydrogen-bond donors (Lipinski definition) is 2. The van der Waals surface area contributed by atoms with Gasteiger partial charge in [0.2, 0.25) is 5.95 Å². The number of aromatic nitrogens is 2. The fourth-order valence-corrected chi connectivity index (χ4v) is 2.93. The Morgan fingerprint density at radius 1 is 1.30 bits per heavy atom. The first kappa shape index (κ1) is 13.3.